The lowest BCUT2D eigenvalue weighted by Gasteiger charge is -2.27. The maximum absolute atomic E-state index is 13.1. The van der Waals surface area contributed by atoms with Gasteiger partial charge in [0.25, 0.3) is 0 Å². The Bertz CT molecular complexity index is 526. The molecule has 0 bridgehead atoms. The van der Waals surface area contributed by atoms with Crippen LogP contribution in [0.15, 0.2) is 16.6 Å². The highest BCUT2D eigenvalue weighted by Crippen LogP contribution is 2.37. The predicted molar refractivity (Wildman–Crippen MR) is 79.4 cm³/mol. The van der Waals surface area contributed by atoms with E-state index in [0.29, 0.717) is 10.7 Å². The summed E-state index contributed by atoms with van der Waals surface area (Å²) in [5, 5.41) is 3.31. The number of benzene rings is 1. The first-order chi connectivity index (χ1) is 9.28. The molecular formula is C14H15BrClF2NO. The summed E-state index contributed by atoms with van der Waals surface area (Å²) < 4.78 is 26.9. The van der Waals surface area contributed by atoms with Gasteiger partial charge in [-0.15, -0.1) is 0 Å². The first-order valence-corrected chi connectivity index (χ1v) is 7.60. The Hall–Kier alpha value is -0.680. The lowest BCUT2D eigenvalue weighted by molar-refractivity contribution is -0.124. The molecule has 1 aromatic carbocycles. The van der Waals surface area contributed by atoms with E-state index in [2.05, 4.69) is 21.2 Å². The Morgan fingerprint density at radius 3 is 2.60 bits per heavy atom. The number of amides is 1. The molecule has 1 fully saturated rings. The fraction of sp³-hybridized carbons (Fsp3) is 0.500. The smallest absolute Gasteiger partial charge is 0.248 e. The van der Waals surface area contributed by atoms with Crippen molar-refractivity contribution in [2.75, 3.05) is 5.32 Å². The van der Waals surface area contributed by atoms with Crippen molar-refractivity contribution in [3.63, 3.8) is 0 Å². The zero-order valence-electron chi connectivity index (χ0n) is 11.0. The highest BCUT2D eigenvalue weighted by Gasteiger charge is 2.37. The minimum atomic E-state index is -2.62. The van der Waals surface area contributed by atoms with Crippen molar-refractivity contribution in [1.29, 1.82) is 0 Å². The quantitative estimate of drug-likeness (QED) is 0.768. The first-order valence-electron chi connectivity index (χ1n) is 6.43. The monoisotopic (exact) mass is 365 g/mol. The minimum Gasteiger partial charge on any atom is -0.325 e. The molecule has 110 valence electrons. The summed E-state index contributed by atoms with van der Waals surface area (Å²) >= 11 is 9.38. The third-order valence-electron chi connectivity index (χ3n) is 3.59. The van der Waals surface area contributed by atoms with Crippen molar-refractivity contribution in [2.45, 2.75) is 38.5 Å². The van der Waals surface area contributed by atoms with E-state index in [9.17, 15) is 13.6 Å². The summed E-state index contributed by atoms with van der Waals surface area (Å²) in [7, 11) is 0. The van der Waals surface area contributed by atoms with Crippen molar-refractivity contribution in [3.8, 4) is 0 Å². The Morgan fingerprint density at radius 1 is 1.40 bits per heavy atom. The molecule has 0 radical (unpaired) electrons. The van der Waals surface area contributed by atoms with Crippen LogP contribution in [0.4, 0.5) is 14.5 Å². The van der Waals surface area contributed by atoms with Gasteiger partial charge in [0.1, 0.15) is 0 Å². The average molecular weight is 367 g/mol. The highest BCUT2D eigenvalue weighted by atomic mass is 79.9. The molecule has 1 saturated carbocycles. The molecule has 0 spiro atoms. The number of halogens is 4. The van der Waals surface area contributed by atoms with Crippen molar-refractivity contribution in [2.24, 2.45) is 5.92 Å². The number of hydrogen-bond donors (Lipinski definition) is 1. The summed E-state index contributed by atoms with van der Waals surface area (Å²) in [5.74, 6) is -3.20. The molecule has 1 aromatic rings. The van der Waals surface area contributed by atoms with Gasteiger partial charge < -0.3 is 5.32 Å². The molecule has 0 atom stereocenters. The number of hydrogen-bond acceptors (Lipinski definition) is 1. The van der Waals surface area contributed by atoms with E-state index in [4.69, 9.17) is 11.6 Å². The number of rotatable bonds is 2. The van der Waals surface area contributed by atoms with Gasteiger partial charge in [0, 0.05) is 28.3 Å². The summed E-state index contributed by atoms with van der Waals surface area (Å²) in [5.41, 5.74) is 1.47. The number of carbonyl (C=O) groups is 1. The van der Waals surface area contributed by atoms with Crippen molar-refractivity contribution < 1.29 is 13.6 Å². The number of anilines is 1. The summed E-state index contributed by atoms with van der Waals surface area (Å²) in [6, 6.07) is 3.48. The molecule has 2 rings (SSSR count). The molecule has 1 aliphatic rings. The van der Waals surface area contributed by atoms with Crippen LogP contribution >= 0.6 is 27.5 Å². The van der Waals surface area contributed by atoms with Gasteiger partial charge >= 0.3 is 0 Å². The molecular weight excluding hydrogens is 352 g/mol. The zero-order valence-corrected chi connectivity index (χ0v) is 13.3. The Kier molecular flexibility index (Phi) is 4.69. The van der Waals surface area contributed by atoms with Gasteiger partial charge in [-0.3, -0.25) is 4.79 Å². The predicted octanol–water partition coefficient (Wildman–Crippen LogP) is 5.17. The maximum Gasteiger partial charge on any atom is 0.248 e. The fourth-order valence-corrected chi connectivity index (χ4v) is 3.00. The normalized spacial score (nSPS) is 18.9. The number of aryl methyl sites for hydroxylation is 1. The fourth-order valence-electron chi connectivity index (χ4n) is 2.28. The van der Waals surface area contributed by atoms with Gasteiger partial charge in [0.2, 0.25) is 11.8 Å². The Labute approximate surface area is 130 Å². The molecule has 1 amide bonds. The second kappa shape index (κ2) is 5.98. The van der Waals surface area contributed by atoms with E-state index in [1.165, 1.54) is 0 Å². The van der Waals surface area contributed by atoms with Crippen LogP contribution in [0.2, 0.25) is 5.02 Å². The molecule has 0 saturated heterocycles. The molecule has 2 nitrogen and oxygen atoms in total. The molecule has 0 aromatic heterocycles. The van der Waals surface area contributed by atoms with Gasteiger partial charge in [-0.25, -0.2) is 8.78 Å². The van der Waals surface area contributed by atoms with Crippen LogP contribution < -0.4 is 5.32 Å². The Morgan fingerprint density at radius 2 is 2.00 bits per heavy atom. The lowest BCUT2D eigenvalue weighted by atomic mass is 9.86. The minimum absolute atomic E-state index is 0.218. The summed E-state index contributed by atoms with van der Waals surface area (Å²) in [6.07, 6.45) is -0.00604. The van der Waals surface area contributed by atoms with E-state index in [1.54, 1.807) is 6.07 Å². The summed E-state index contributed by atoms with van der Waals surface area (Å²) in [6.45, 7) is 1.86. The Balaban J connectivity index is 2.04. The van der Waals surface area contributed by atoms with Gasteiger partial charge in [0.15, 0.2) is 0 Å². The van der Waals surface area contributed by atoms with E-state index >= 15 is 0 Å². The third-order valence-corrected chi connectivity index (χ3v) is 4.66. The second-order valence-electron chi connectivity index (χ2n) is 5.20. The van der Waals surface area contributed by atoms with Crippen LogP contribution in [0.5, 0.6) is 0 Å². The molecule has 0 unspecified atom stereocenters. The second-order valence-corrected chi connectivity index (χ2v) is 6.46. The number of carbonyl (C=O) groups excluding carboxylic acids is 1. The van der Waals surface area contributed by atoms with Crippen LogP contribution in [0.25, 0.3) is 0 Å². The number of nitrogens with one attached hydrogen (secondary N) is 1. The third kappa shape index (κ3) is 3.70. The largest absolute Gasteiger partial charge is 0.325 e. The maximum atomic E-state index is 13.1. The molecule has 0 heterocycles. The number of alkyl halides is 2. The lowest BCUT2D eigenvalue weighted by Crippen LogP contribution is -2.31. The van der Waals surface area contributed by atoms with Gasteiger partial charge in [-0.05, 0) is 53.4 Å². The average Bonchev–Trinajstić information content (AvgIpc) is 2.35. The standard InChI is InChI=1S/C14H15BrClF2NO/c1-8-6-10(15)12(7-11(8)16)19-13(20)9-2-4-14(17,18)5-3-9/h6-7,9H,2-5H2,1H3,(H,19,20). The molecule has 1 N–H and O–H groups in total. The van der Waals surface area contributed by atoms with Crippen LogP contribution in [0.1, 0.15) is 31.2 Å². The van der Waals surface area contributed by atoms with E-state index in [1.807, 2.05) is 13.0 Å². The zero-order chi connectivity index (χ0) is 14.9. The van der Waals surface area contributed by atoms with E-state index in [-0.39, 0.29) is 37.5 Å². The highest BCUT2D eigenvalue weighted by molar-refractivity contribution is 9.10. The topological polar surface area (TPSA) is 29.1 Å². The molecule has 6 heteroatoms. The van der Waals surface area contributed by atoms with Gasteiger partial charge in [-0.2, -0.15) is 0 Å². The van der Waals surface area contributed by atoms with Crippen molar-refractivity contribution in [1.82, 2.24) is 0 Å². The van der Waals surface area contributed by atoms with Gasteiger partial charge in [0.05, 0.1) is 5.69 Å². The molecule has 20 heavy (non-hydrogen) atoms. The first kappa shape index (κ1) is 15.7. The summed E-state index contributed by atoms with van der Waals surface area (Å²) in [4.78, 5) is 12.1. The van der Waals surface area contributed by atoms with Crippen molar-refractivity contribution >= 4 is 39.1 Å². The van der Waals surface area contributed by atoms with Crippen LogP contribution in [-0.4, -0.2) is 11.8 Å². The molecule has 0 aliphatic heterocycles. The van der Waals surface area contributed by atoms with Crippen molar-refractivity contribution in [3.05, 3.63) is 27.2 Å². The van der Waals surface area contributed by atoms with E-state index < -0.39 is 5.92 Å². The van der Waals surface area contributed by atoms with Crippen LogP contribution in [0.3, 0.4) is 0 Å². The SMILES string of the molecule is Cc1cc(Br)c(NC(=O)C2CCC(F)(F)CC2)cc1Cl. The van der Waals surface area contributed by atoms with Gasteiger partial charge in [-0.1, -0.05) is 11.6 Å². The molecule has 1 aliphatic carbocycles. The van der Waals surface area contributed by atoms with E-state index in [0.717, 1.165) is 10.0 Å². The van der Waals surface area contributed by atoms with Crippen LogP contribution in [0, 0.1) is 12.8 Å². The van der Waals surface area contributed by atoms with Crippen LogP contribution in [-0.2, 0) is 4.79 Å².